The first-order valence-corrected chi connectivity index (χ1v) is 8.00. The van der Waals surface area contributed by atoms with Crippen molar-refractivity contribution in [2.45, 2.75) is 33.6 Å². The van der Waals surface area contributed by atoms with Crippen molar-refractivity contribution in [1.82, 2.24) is 14.9 Å². The number of hydrogen-bond donors (Lipinski definition) is 1. The normalized spacial score (nSPS) is 16.6. The second-order valence-electron chi connectivity index (χ2n) is 6.29. The third-order valence-electron chi connectivity index (χ3n) is 4.11. The summed E-state index contributed by atoms with van der Waals surface area (Å²) in [4.78, 5) is 13.9. The van der Waals surface area contributed by atoms with Gasteiger partial charge in [-0.05, 0) is 53.6 Å². The van der Waals surface area contributed by atoms with E-state index in [1.54, 1.807) is 0 Å². The fraction of sp³-hybridized carbons (Fsp3) is 0.750. The fourth-order valence-electron chi connectivity index (χ4n) is 3.10. The summed E-state index contributed by atoms with van der Waals surface area (Å²) >= 11 is 0. The van der Waals surface area contributed by atoms with E-state index in [-0.39, 0.29) is 0 Å². The molecule has 1 N–H and O–H groups in total. The molecule has 0 atom stereocenters. The molecule has 1 saturated heterocycles. The van der Waals surface area contributed by atoms with Crippen molar-refractivity contribution in [3.05, 3.63) is 11.4 Å². The summed E-state index contributed by atoms with van der Waals surface area (Å²) in [5, 5.41) is 3.35. The number of rotatable bonds is 5. The highest BCUT2D eigenvalue weighted by atomic mass is 15.2. The average molecular weight is 291 g/mol. The predicted octanol–water partition coefficient (Wildman–Crippen LogP) is 2.30. The van der Waals surface area contributed by atoms with Gasteiger partial charge in [-0.2, -0.15) is 0 Å². The first-order chi connectivity index (χ1) is 10.0. The van der Waals surface area contributed by atoms with Gasteiger partial charge < -0.3 is 15.1 Å². The zero-order valence-electron chi connectivity index (χ0n) is 14.1. The molecule has 21 heavy (non-hydrogen) atoms. The molecule has 0 spiro atoms. The number of hydrogen-bond acceptors (Lipinski definition) is 5. The van der Waals surface area contributed by atoms with E-state index in [1.807, 2.05) is 6.92 Å². The van der Waals surface area contributed by atoms with E-state index in [2.05, 4.69) is 53.0 Å². The molecule has 0 saturated carbocycles. The topological polar surface area (TPSA) is 44.3 Å². The minimum Gasteiger partial charge on any atom is -0.370 e. The minimum absolute atomic E-state index is 0.813. The quantitative estimate of drug-likeness (QED) is 0.902. The van der Waals surface area contributed by atoms with E-state index < -0.39 is 0 Å². The zero-order valence-corrected chi connectivity index (χ0v) is 14.1. The van der Waals surface area contributed by atoms with Crippen molar-refractivity contribution >= 4 is 11.6 Å². The summed E-state index contributed by atoms with van der Waals surface area (Å²) in [6.07, 6.45) is 2.49. The second-order valence-corrected chi connectivity index (χ2v) is 6.29. The van der Waals surface area contributed by atoms with E-state index in [9.17, 15) is 0 Å². The first-order valence-electron chi connectivity index (χ1n) is 8.00. The fourth-order valence-corrected chi connectivity index (χ4v) is 3.10. The summed E-state index contributed by atoms with van der Waals surface area (Å²) in [5.74, 6) is 3.76. The van der Waals surface area contributed by atoms with Gasteiger partial charge in [0.2, 0.25) is 0 Å². The van der Waals surface area contributed by atoms with Gasteiger partial charge in [0.1, 0.15) is 17.5 Å². The number of aromatic nitrogens is 2. The van der Waals surface area contributed by atoms with Crippen molar-refractivity contribution in [2.24, 2.45) is 5.92 Å². The van der Waals surface area contributed by atoms with E-state index in [4.69, 9.17) is 0 Å². The van der Waals surface area contributed by atoms with Gasteiger partial charge in [0, 0.05) is 31.7 Å². The molecule has 1 aliphatic rings. The Balaban J connectivity index is 2.09. The average Bonchev–Trinajstić information content (AvgIpc) is 2.43. The van der Waals surface area contributed by atoms with Crippen molar-refractivity contribution < 1.29 is 0 Å². The van der Waals surface area contributed by atoms with Crippen LogP contribution in [0.4, 0.5) is 11.6 Å². The van der Waals surface area contributed by atoms with Gasteiger partial charge in [-0.25, -0.2) is 9.97 Å². The number of nitrogens with zero attached hydrogens (tertiary/aromatic N) is 4. The summed E-state index contributed by atoms with van der Waals surface area (Å²) in [7, 11) is 4.32. The van der Waals surface area contributed by atoms with Gasteiger partial charge in [-0.3, -0.25) is 0 Å². The van der Waals surface area contributed by atoms with Crippen LogP contribution < -0.4 is 10.2 Å². The second kappa shape index (κ2) is 7.07. The number of nitrogens with one attached hydrogen (secondary N) is 1. The van der Waals surface area contributed by atoms with Crippen LogP contribution in [0.2, 0.25) is 0 Å². The molecule has 1 aliphatic heterocycles. The molecule has 0 radical (unpaired) electrons. The summed E-state index contributed by atoms with van der Waals surface area (Å²) < 4.78 is 0. The van der Waals surface area contributed by atoms with Crippen LogP contribution in [0.1, 0.15) is 31.2 Å². The van der Waals surface area contributed by atoms with Crippen LogP contribution >= 0.6 is 0 Å². The van der Waals surface area contributed by atoms with E-state index in [0.717, 1.165) is 43.0 Å². The largest absolute Gasteiger partial charge is 0.370 e. The zero-order chi connectivity index (χ0) is 15.4. The van der Waals surface area contributed by atoms with Crippen LogP contribution in [0, 0.1) is 19.8 Å². The number of piperidine rings is 1. The monoisotopic (exact) mass is 291 g/mol. The molecule has 1 aromatic rings. The van der Waals surface area contributed by atoms with Gasteiger partial charge in [0.15, 0.2) is 0 Å². The summed E-state index contributed by atoms with van der Waals surface area (Å²) in [6.45, 7) is 10.5. The Morgan fingerprint density at radius 3 is 2.43 bits per heavy atom. The molecule has 2 heterocycles. The Morgan fingerprint density at radius 2 is 1.86 bits per heavy atom. The van der Waals surface area contributed by atoms with Gasteiger partial charge >= 0.3 is 0 Å². The smallest absolute Gasteiger partial charge is 0.137 e. The lowest BCUT2D eigenvalue weighted by Crippen LogP contribution is -2.38. The standard InChI is InChI=1S/C16H29N5/c1-6-17-15-12(2)16(19-13(3)18-15)21-9-7-14(8-10-21)11-20(4)5/h14H,6-11H2,1-5H3,(H,17,18,19). The Labute approximate surface area is 128 Å². The van der Waals surface area contributed by atoms with E-state index in [1.165, 1.54) is 24.9 Å². The van der Waals surface area contributed by atoms with Crippen LogP contribution in [-0.4, -0.2) is 55.1 Å². The number of aryl methyl sites for hydroxylation is 1. The highest BCUT2D eigenvalue weighted by Gasteiger charge is 2.23. The van der Waals surface area contributed by atoms with Crippen molar-refractivity contribution in [3.63, 3.8) is 0 Å². The molecular formula is C16H29N5. The predicted molar refractivity (Wildman–Crippen MR) is 89.2 cm³/mol. The van der Waals surface area contributed by atoms with Crippen LogP contribution in [-0.2, 0) is 0 Å². The molecule has 1 aromatic heterocycles. The lowest BCUT2D eigenvalue weighted by atomic mass is 9.96. The van der Waals surface area contributed by atoms with Crippen LogP contribution in [0.3, 0.4) is 0 Å². The molecule has 0 unspecified atom stereocenters. The molecule has 0 amide bonds. The maximum Gasteiger partial charge on any atom is 0.137 e. The van der Waals surface area contributed by atoms with Gasteiger partial charge in [0.05, 0.1) is 0 Å². The van der Waals surface area contributed by atoms with E-state index in [0.29, 0.717) is 0 Å². The molecule has 0 aliphatic carbocycles. The highest BCUT2D eigenvalue weighted by molar-refractivity contribution is 5.58. The van der Waals surface area contributed by atoms with Crippen molar-refractivity contribution in [3.8, 4) is 0 Å². The molecular weight excluding hydrogens is 262 g/mol. The molecule has 0 bridgehead atoms. The Kier molecular flexibility index (Phi) is 5.39. The maximum absolute atomic E-state index is 4.69. The summed E-state index contributed by atoms with van der Waals surface area (Å²) in [6, 6.07) is 0. The lowest BCUT2D eigenvalue weighted by molar-refractivity contribution is 0.284. The third kappa shape index (κ3) is 4.06. The van der Waals surface area contributed by atoms with Crippen LogP contribution in [0.15, 0.2) is 0 Å². The Bertz CT molecular complexity index is 464. The van der Waals surface area contributed by atoms with Gasteiger partial charge in [-0.15, -0.1) is 0 Å². The third-order valence-corrected chi connectivity index (χ3v) is 4.11. The molecule has 2 rings (SSSR count). The molecule has 5 nitrogen and oxygen atoms in total. The van der Waals surface area contributed by atoms with E-state index >= 15 is 0 Å². The van der Waals surface area contributed by atoms with Crippen molar-refractivity contribution in [1.29, 1.82) is 0 Å². The summed E-state index contributed by atoms with van der Waals surface area (Å²) in [5.41, 5.74) is 1.17. The van der Waals surface area contributed by atoms with Crippen molar-refractivity contribution in [2.75, 3.05) is 50.5 Å². The highest BCUT2D eigenvalue weighted by Crippen LogP contribution is 2.27. The minimum atomic E-state index is 0.813. The lowest BCUT2D eigenvalue weighted by Gasteiger charge is -2.35. The maximum atomic E-state index is 4.69. The molecule has 5 heteroatoms. The molecule has 1 fully saturated rings. The molecule has 0 aromatic carbocycles. The Morgan fingerprint density at radius 1 is 1.19 bits per heavy atom. The van der Waals surface area contributed by atoms with Gasteiger partial charge in [-0.1, -0.05) is 0 Å². The van der Waals surface area contributed by atoms with Crippen LogP contribution in [0.25, 0.3) is 0 Å². The molecule has 118 valence electrons. The van der Waals surface area contributed by atoms with Gasteiger partial charge in [0.25, 0.3) is 0 Å². The first kappa shape index (κ1) is 16.0. The van der Waals surface area contributed by atoms with Crippen LogP contribution in [0.5, 0.6) is 0 Å². The SMILES string of the molecule is CCNc1nc(C)nc(N2CCC(CN(C)C)CC2)c1C. The Hall–Kier alpha value is -1.36. The number of anilines is 2.